The van der Waals surface area contributed by atoms with Crippen molar-refractivity contribution < 1.29 is 22.9 Å². The molecule has 0 saturated heterocycles. The van der Waals surface area contributed by atoms with Crippen molar-refractivity contribution in [3.05, 3.63) is 48.0 Å². The van der Waals surface area contributed by atoms with Crippen LogP contribution >= 0.6 is 0 Å². The maximum absolute atomic E-state index is 11.2. The lowest BCUT2D eigenvalue weighted by atomic mass is 10.0. The lowest BCUT2D eigenvalue weighted by Gasteiger charge is -2.12. The van der Waals surface area contributed by atoms with Gasteiger partial charge in [0, 0.05) is 0 Å². The van der Waals surface area contributed by atoms with E-state index in [1.54, 1.807) is 36.4 Å². The van der Waals surface area contributed by atoms with Crippen LogP contribution < -0.4 is 0 Å². The first-order chi connectivity index (χ1) is 8.41. The molecular weight excluding hydrogens is 256 g/mol. The fraction of sp³-hybridized carbons (Fsp3) is 0.0833. The molecule has 0 aliphatic heterocycles. The molecular formula is C12H10O5S. The molecule has 6 heteroatoms. The lowest BCUT2D eigenvalue weighted by molar-refractivity contribution is -0.136. The number of benzene rings is 2. The average molecular weight is 266 g/mol. The van der Waals surface area contributed by atoms with Crippen molar-refractivity contribution in [3.8, 4) is 0 Å². The van der Waals surface area contributed by atoms with Crippen molar-refractivity contribution in [2.75, 3.05) is 0 Å². The smallest absolute Gasteiger partial charge is 0.329 e. The van der Waals surface area contributed by atoms with Crippen LogP contribution in [0, 0.1) is 0 Å². The van der Waals surface area contributed by atoms with Crippen LogP contribution in [-0.4, -0.2) is 24.0 Å². The van der Waals surface area contributed by atoms with Crippen molar-refractivity contribution >= 4 is 26.9 Å². The third-order valence-electron chi connectivity index (χ3n) is 2.63. The standard InChI is InChI=1S/C12H10O5S/c13-12(14)11(18(15,16)17)10-7-3-5-8-4-1-2-6-9(8)10/h1-7,11H,(H,13,14)(H,15,16,17). The molecule has 0 spiro atoms. The monoisotopic (exact) mass is 266 g/mol. The summed E-state index contributed by atoms with van der Waals surface area (Å²) in [6.45, 7) is 0. The fourth-order valence-corrected chi connectivity index (χ4v) is 2.68. The Morgan fingerprint density at radius 1 is 1.06 bits per heavy atom. The number of hydrogen-bond donors (Lipinski definition) is 2. The van der Waals surface area contributed by atoms with E-state index in [0.29, 0.717) is 10.8 Å². The van der Waals surface area contributed by atoms with Crippen molar-refractivity contribution in [2.45, 2.75) is 5.25 Å². The Kier molecular flexibility index (Phi) is 3.06. The summed E-state index contributed by atoms with van der Waals surface area (Å²) in [5.74, 6) is -1.60. The molecule has 1 unspecified atom stereocenters. The molecule has 0 amide bonds. The van der Waals surface area contributed by atoms with Gasteiger partial charge in [-0.25, -0.2) is 0 Å². The molecule has 0 aromatic heterocycles. The summed E-state index contributed by atoms with van der Waals surface area (Å²) >= 11 is 0. The van der Waals surface area contributed by atoms with E-state index in [9.17, 15) is 13.2 Å². The summed E-state index contributed by atoms with van der Waals surface area (Å²) in [6, 6.07) is 11.5. The largest absolute Gasteiger partial charge is 0.480 e. The maximum atomic E-state index is 11.2. The first-order valence-electron chi connectivity index (χ1n) is 5.08. The molecule has 2 rings (SSSR count). The molecule has 0 saturated carbocycles. The molecule has 0 radical (unpaired) electrons. The van der Waals surface area contributed by atoms with Gasteiger partial charge < -0.3 is 5.11 Å². The van der Waals surface area contributed by atoms with E-state index in [2.05, 4.69) is 0 Å². The number of hydrogen-bond acceptors (Lipinski definition) is 3. The summed E-state index contributed by atoms with van der Waals surface area (Å²) in [4.78, 5) is 11.1. The zero-order valence-corrected chi connectivity index (χ0v) is 9.96. The second-order valence-electron chi connectivity index (χ2n) is 3.80. The van der Waals surface area contributed by atoms with Gasteiger partial charge in [0.2, 0.25) is 5.25 Å². The van der Waals surface area contributed by atoms with Gasteiger partial charge in [-0.05, 0) is 16.3 Å². The van der Waals surface area contributed by atoms with Gasteiger partial charge >= 0.3 is 5.97 Å². The number of rotatable bonds is 3. The fourth-order valence-electron chi connectivity index (χ4n) is 1.90. The second kappa shape index (κ2) is 4.40. The van der Waals surface area contributed by atoms with E-state index >= 15 is 0 Å². The molecule has 2 N–H and O–H groups in total. The highest BCUT2D eigenvalue weighted by Gasteiger charge is 2.33. The van der Waals surface area contributed by atoms with Gasteiger partial charge in [0.1, 0.15) is 0 Å². The van der Waals surface area contributed by atoms with Gasteiger partial charge in [0.25, 0.3) is 10.1 Å². The van der Waals surface area contributed by atoms with Crippen molar-refractivity contribution in [1.82, 2.24) is 0 Å². The molecule has 94 valence electrons. The average Bonchev–Trinajstić information content (AvgIpc) is 2.27. The van der Waals surface area contributed by atoms with E-state index in [0.717, 1.165) is 0 Å². The van der Waals surface area contributed by atoms with Crippen LogP contribution in [0.1, 0.15) is 10.8 Å². The Morgan fingerprint density at radius 3 is 2.28 bits per heavy atom. The van der Waals surface area contributed by atoms with E-state index < -0.39 is 21.3 Å². The maximum Gasteiger partial charge on any atom is 0.329 e. The summed E-state index contributed by atoms with van der Waals surface area (Å²) in [5, 5.41) is 8.22. The van der Waals surface area contributed by atoms with Crippen LogP contribution in [0.2, 0.25) is 0 Å². The van der Waals surface area contributed by atoms with Crippen LogP contribution in [0.3, 0.4) is 0 Å². The van der Waals surface area contributed by atoms with E-state index in [1.807, 2.05) is 0 Å². The van der Waals surface area contributed by atoms with E-state index in [4.69, 9.17) is 9.66 Å². The number of carbonyl (C=O) groups is 1. The highest BCUT2D eigenvalue weighted by molar-refractivity contribution is 7.86. The molecule has 0 aliphatic carbocycles. The molecule has 5 nitrogen and oxygen atoms in total. The summed E-state index contributed by atoms with van der Waals surface area (Å²) in [6.07, 6.45) is 0. The third-order valence-corrected chi connectivity index (χ3v) is 3.68. The summed E-state index contributed by atoms with van der Waals surface area (Å²) < 4.78 is 31.4. The molecule has 2 aromatic carbocycles. The first-order valence-corrected chi connectivity index (χ1v) is 6.58. The Hall–Kier alpha value is -1.92. The van der Waals surface area contributed by atoms with Gasteiger partial charge in [0.15, 0.2) is 0 Å². The Balaban J connectivity index is 2.77. The minimum absolute atomic E-state index is 0.0584. The van der Waals surface area contributed by atoms with Crippen LogP contribution in [0.5, 0.6) is 0 Å². The lowest BCUT2D eigenvalue weighted by Crippen LogP contribution is -2.21. The quantitative estimate of drug-likeness (QED) is 0.827. The van der Waals surface area contributed by atoms with Gasteiger partial charge in [0.05, 0.1) is 0 Å². The van der Waals surface area contributed by atoms with Crippen LogP contribution in [0.25, 0.3) is 10.8 Å². The Bertz CT molecular complexity index is 700. The van der Waals surface area contributed by atoms with Crippen LogP contribution in [-0.2, 0) is 14.9 Å². The zero-order chi connectivity index (χ0) is 13.3. The second-order valence-corrected chi connectivity index (χ2v) is 5.30. The molecule has 0 heterocycles. The molecule has 0 aliphatic rings. The molecule has 0 bridgehead atoms. The summed E-state index contributed by atoms with van der Waals surface area (Å²) in [5.41, 5.74) is 0.0584. The van der Waals surface area contributed by atoms with Crippen molar-refractivity contribution in [3.63, 3.8) is 0 Å². The van der Waals surface area contributed by atoms with Gasteiger partial charge in [-0.2, -0.15) is 8.42 Å². The summed E-state index contributed by atoms with van der Waals surface area (Å²) in [7, 11) is -4.71. The Labute approximate surface area is 103 Å². The van der Waals surface area contributed by atoms with E-state index in [1.165, 1.54) is 6.07 Å². The number of carboxylic acids is 1. The van der Waals surface area contributed by atoms with E-state index in [-0.39, 0.29) is 5.56 Å². The number of carboxylic acid groups (broad SMARTS) is 1. The van der Waals surface area contributed by atoms with Crippen LogP contribution in [0.15, 0.2) is 42.5 Å². The molecule has 2 aromatic rings. The van der Waals surface area contributed by atoms with Gasteiger partial charge in [-0.15, -0.1) is 0 Å². The minimum atomic E-state index is -4.71. The number of aliphatic carboxylic acids is 1. The first kappa shape index (κ1) is 12.5. The highest BCUT2D eigenvalue weighted by Crippen LogP contribution is 2.29. The Morgan fingerprint density at radius 2 is 1.67 bits per heavy atom. The van der Waals surface area contributed by atoms with Crippen molar-refractivity contribution in [1.29, 1.82) is 0 Å². The third kappa shape index (κ3) is 2.20. The molecule has 0 fully saturated rings. The number of fused-ring (bicyclic) bond motifs is 1. The minimum Gasteiger partial charge on any atom is -0.480 e. The predicted octanol–water partition coefficient (Wildman–Crippen LogP) is 1.85. The topological polar surface area (TPSA) is 91.7 Å². The van der Waals surface area contributed by atoms with Gasteiger partial charge in [-0.1, -0.05) is 42.5 Å². The van der Waals surface area contributed by atoms with Crippen molar-refractivity contribution in [2.24, 2.45) is 0 Å². The molecule has 18 heavy (non-hydrogen) atoms. The van der Waals surface area contributed by atoms with Crippen LogP contribution in [0.4, 0.5) is 0 Å². The van der Waals surface area contributed by atoms with Gasteiger partial charge in [-0.3, -0.25) is 9.35 Å². The highest BCUT2D eigenvalue weighted by atomic mass is 32.2. The molecule has 1 atom stereocenters. The predicted molar refractivity (Wildman–Crippen MR) is 65.9 cm³/mol. The zero-order valence-electron chi connectivity index (χ0n) is 9.15. The normalized spacial score (nSPS) is 13.4. The SMILES string of the molecule is O=C(O)C(c1cccc2ccccc12)S(=O)(=O)O.